The summed E-state index contributed by atoms with van der Waals surface area (Å²) in [5.41, 5.74) is 0. The van der Waals surface area contributed by atoms with Crippen LogP contribution in [0.5, 0.6) is 0 Å². The molecule has 0 unspecified atom stereocenters. The molecule has 3 rings (SSSR count). The Balaban J connectivity index is -0.000000144. The van der Waals surface area contributed by atoms with Crippen LogP contribution in [0.25, 0.3) is 0 Å². The molecular formula is C4H40O12Si12. The molecule has 3 aliphatic heterocycles. The maximum Gasteiger partial charge on any atom is 0.286 e. The maximum absolute atomic E-state index is 5.10. The molecule has 28 heavy (non-hydrogen) atoms. The average Bonchev–Trinajstić information content (AvgIpc) is 2.46. The molecular weight excluding hydrogens is 577 g/mol. The zero-order valence-corrected chi connectivity index (χ0v) is 30.4. The van der Waals surface area contributed by atoms with E-state index in [1.54, 1.807) is 0 Å². The summed E-state index contributed by atoms with van der Waals surface area (Å²) < 4.78 is 61.2. The first kappa shape index (κ1) is 37.4. The van der Waals surface area contributed by atoms with Crippen molar-refractivity contribution in [3.63, 3.8) is 0 Å². The lowest BCUT2D eigenvalue weighted by Crippen LogP contribution is -2.23. The quantitative estimate of drug-likeness (QED) is 0.241. The van der Waals surface area contributed by atoms with Gasteiger partial charge < -0.3 is 49.4 Å². The van der Waals surface area contributed by atoms with Gasteiger partial charge in [0.2, 0.25) is 0 Å². The zero-order chi connectivity index (χ0) is 17.0. The van der Waals surface area contributed by atoms with Gasteiger partial charge >= 0.3 is 0 Å². The van der Waals surface area contributed by atoms with E-state index in [0.29, 0.717) is 0 Å². The molecule has 0 saturated carbocycles. The molecule has 0 N–H and O–H groups in total. The molecule has 24 heteroatoms. The fourth-order valence-electron chi connectivity index (χ4n) is 1.12. The number of hydrogen-bond acceptors (Lipinski definition) is 12. The molecule has 0 aromatic heterocycles. The first-order chi connectivity index (χ1) is 12.0. The molecule has 0 aromatic carbocycles. The van der Waals surface area contributed by atoms with E-state index in [9.17, 15) is 0 Å². The summed E-state index contributed by atoms with van der Waals surface area (Å²) >= 11 is 0. The van der Waals surface area contributed by atoms with Crippen LogP contribution >= 0.6 is 0 Å². The first-order valence-electron chi connectivity index (χ1n) is 6.93. The lowest BCUT2D eigenvalue weighted by Gasteiger charge is -2.10. The summed E-state index contributed by atoms with van der Waals surface area (Å²) in [6.07, 6.45) is 0. The predicted octanol–water partition coefficient (Wildman–Crippen LogP) is -9.27. The standard InChI is InChI=1S/4CH4.3H8O4Si4/c;;;;3*1-5-2-7-4-8-3-6-1/h4*1H4;3*5-8H2. The highest BCUT2D eigenvalue weighted by molar-refractivity contribution is 6.51. The highest BCUT2D eigenvalue weighted by Crippen LogP contribution is 1.80. The Kier molecular flexibility index (Phi) is 45.1. The van der Waals surface area contributed by atoms with Gasteiger partial charge in [0.15, 0.2) is 0 Å². The van der Waals surface area contributed by atoms with Crippen molar-refractivity contribution in [2.24, 2.45) is 0 Å². The summed E-state index contributed by atoms with van der Waals surface area (Å²) in [7, 11) is -7.83. The van der Waals surface area contributed by atoms with Gasteiger partial charge in [0.05, 0.1) is 0 Å². The van der Waals surface area contributed by atoms with Crippen LogP contribution in [-0.4, -0.2) is 120 Å². The van der Waals surface area contributed by atoms with E-state index in [-0.39, 0.29) is 29.7 Å². The maximum atomic E-state index is 5.10. The van der Waals surface area contributed by atoms with Crippen molar-refractivity contribution in [3.05, 3.63) is 0 Å². The van der Waals surface area contributed by atoms with Crippen LogP contribution < -0.4 is 0 Å². The van der Waals surface area contributed by atoms with Crippen molar-refractivity contribution in [3.8, 4) is 0 Å². The Morgan fingerprint density at radius 2 is 0.250 bits per heavy atom. The lowest BCUT2D eigenvalue weighted by atomic mass is 12.0. The fraction of sp³-hybridized carbons (Fsp3) is 1.00. The highest BCUT2D eigenvalue weighted by Gasteiger charge is 1.98. The molecule has 0 atom stereocenters. The van der Waals surface area contributed by atoms with Gasteiger partial charge in [-0.25, -0.2) is 0 Å². The summed E-state index contributed by atoms with van der Waals surface area (Å²) in [6, 6.07) is 0. The Morgan fingerprint density at radius 3 is 0.321 bits per heavy atom. The molecule has 0 radical (unpaired) electrons. The molecule has 0 bridgehead atoms. The van der Waals surface area contributed by atoms with Crippen molar-refractivity contribution < 1.29 is 49.4 Å². The van der Waals surface area contributed by atoms with Crippen molar-refractivity contribution in [1.82, 2.24) is 0 Å². The van der Waals surface area contributed by atoms with E-state index < -0.39 is 120 Å². The van der Waals surface area contributed by atoms with Crippen molar-refractivity contribution >= 4 is 120 Å². The largest absolute Gasteiger partial charge is 0.425 e. The van der Waals surface area contributed by atoms with Crippen LogP contribution in [0.1, 0.15) is 29.7 Å². The molecule has 176 valence electrons. The molecule has 12 nitrogen and oxygen atoms in total. The second-order valence-corrected chi connectivity index (χ2v) is 26.3. The van der Waals surface area contributed by atoms with Gasteiger partial charge in [-0.1, -0.05) is 29.7 Å². The zero-order valence-electron chi connectivity index (χ0n) is 13.4. The number of rotatable bonds is 0. The molecule has 0 aliphatic carbocycles. The molecule has 3 saturated heterocycles. The Labute approximate surface area is 198 Å². The van der Waals surface area contributed by atoms with Gasteiger partial charge in [0, 0.05) is 0 Å². The van der Waals surface area contributed by atoms with Gasteiger partial charge in [-0.3, -0.25) is 0 Å². The van der Waals surface area contributed by atoms with E-state index in [2.05, 4.69) is 0 Å². The normalized spacial score (nSPS) is 30.9. The first-order valence-corrected chi connectivity index (χ1v) is 20.8. The van der Waals surface area contributed by atoms with Crippen molar-refractivity contribution in [2.75, 3.05) is 0 Å². The summed E-state index contributed by atoms with van der Waals surface area (Å²) in [4.78, 5) is 0. The second kappa shape index (κ2) is 33.8. The van der Waals surface area contributed by atoms with Gasteiger partial charge in [-0.15, -0.1) is 0 Å². The smallest absolute Gasteiger partial charge is 0.286 e. The molecule has 0 amide bonds. The van der Waals surface area contributed by atoms with Crippen LogP contribution in [0.15, 0.2) is 0 Å². The SMILES string of the molecule is C.C.C.C.O1[SiH2]O[SiH2]O[SiH2]O[SiH2]1.O1[SiH2]O[SiH2]O[SiH2]O[SiH2]1.O1[SiH2]O[SiH2]O[SiH2]O[SiH2]1. The molecule has 0 aromatic rings. The van der Waals surface area contributed by atoms with E-state index in [0.717, 1.165) is 0 Å². The third-order valence-electron chi connectivity index (χ3n) is 2.00. The number of hydrogen-bond donors (Lipinski definition) is 0. The second-order valence-electron chi connectivity index (χ2n) is 3.86. The molecule has 0 spiro atoms. The highest BCUT2D eigenvalue weighted by atomic mass is 28.4. The summed E-state index contributed by atoms with van der Waals surface area (Å²) in [5.74, 6) is 0. The Bertz CT molecular complexity index is 151. The Morgan fingerprint density at radius 1 is 0.179 bits per heavy atom. The van der Waals surface area contributed by atoms with Crippen LogP contribution in [0.4, 0.5) is 0 Å². The third kappa shape index (κ3) is 30.3. The van der Waals surface area contributed by atoms with Gasteiger partial charge in [0.1, 0.15) is 0 Å². The van der Waals surface area contributed by atoms with Gasteiger partial charge in [-0.2, -0.15) is 0 Å². The van der Waals surface area contributed by atoms with Crippen molar-refractivity contribution in [1.29, 1.82) is 0 Å². The third-order valence-corrected chi connectivity index (χ3v) is 18.0. The lowest BCUT2D eigenvalue weighted by molar-refractivity contribution is 0.346. The molecule has 3 aliphatic rings. The van der Waals surface area contributed by atoms with Crippen LogP contribution in [0.2, 0.25) is 0 Å². The minimum Gasteiger partial charge on any atom is -0.425 e. The van der Waals surface area contributed by atoms with E-state index >= 15 is 0 Å². The minimum atomic E-state index is -0.653. The topological polar surface area (TPSA) is 111 Å². The minimum absolute atomic E-state index is 0. The molecule has 3 fully saturated rings. The fourth-order valence-corrected chi connectivity index (χ4v) is 22.8. The molecule has 3 heterocycles. The van der Waals surface area contributed by atoms with Crippen LogP contribution in [0.3, 0.4) is 0 Å². The summed E-state index contributed by atoms with van der Waals surface area (Å²) in [5, 5.41) is 0. The Hall–Kier alpha value is 2.12. The van der Waals surface area contributed by atoms with Crippen LogP contribution in [0, 0.1) is 0 Å². The predicted molar refractivity (Wildman–Crippen MR) is 142 cm³/mol. The van der Waals surface area contributed by atoms with Gasteiger partial charge in [-0.05, 0) is 0 Å². The van der Waals surface area contributed by atoms with E-state index in [1.807, 2.05) is 0 Å². The van der Waals surface area contributed by atoms with Crippen molar-refractivity contribution in [2.45, 2.75) is 29.7 Å². The summed E-state index contributed by atoms with van der Waals surface area (Å²) in [6.45, 7) is 0. The average molecular weight is 617 g/mol. The monoisotopic (exact) mass is 616 g/mol. The van der Waals surface area contributed by atoms with Gasteiger partial charge in [0.25, 0.3) is 120 Å². The van der Waals surface area contributed by atoms with E-state index in [4.69, 9.17) is 49.4 Å². The van der Waals surface area contributed by atoms with Crippen LogP contribution in [-0.2, 0) is 49.4 Å². The van der Waals surface area contributed by atoms with E-state index in [1.165, 1.54) is 0 Å².